The number of imide groups is 3. The molecular weight excluding hydrogens is 442 g/mol. The first-order valence-corrected chi connectivity index (χ1v) is 11.2. The maximum atomic E-state index is 13.2. The number of methoxy groups -OCH3 is 1. The van der Waals surface area contributed by atoms with Gasteiger partial charge >= 0.3 is 6.09 Å². The van der Waals surface area contributed by atoms with E-state index in [1.165, 1.54) is 12.1 Å². The first-order valence-electron chi connectivity index (χ1n) is 11.2. The number of amides is 3. The number of phenols is 1. The van der Waals surface area contributed by atoms with Crippen LogP contribution in [0.3, 0.4) is 0 Å². The molecule has 1 saturated carbocycles. The fraction of sp³-hybridized carbons (Fsp3) is 0.400. The second-order valence-electron chi connectivity index (χ2n) is 8.96. The minimum atomic E-state index is -1.75. The van der Waals surface area contributed by atoms with E-state index in [9.17, 15) is 24.6 Å². The molecule has 2 N–H and O–H groups in total. The van der Waals surface area contributed by atoms with Crippen LogP contribution in [-0.4, -0.2) is 52.5 Å². The third kappa shape index (κ3) is 3.52. The average molecular weight is 467 g/mol. The number of benzene rings is 2. The molecule has 3 aliphatic rings. The van der Waals surface area contributed by atoms with E-state index in [4.69, 9.17) is 9.47 Å². The zero-order valence-corrected chi connectivity index (χ0v) is 18.5. The number of carbonyl (C=O) groups excluding carboxylic acids is 3. The highest BCUT2D eigenvalue weighted by atomic mass is 16.6. The number of aliphatic hydroxyl groups is 1. The van der Waals surface area contributed by atoms with Crippen molar-refractivity contribution in [2.45, 2.75) is 24.7 Å². The van der Waals surface area contributed by atoms with Gasteiger partial charge in [0.15, 0.2) is 5.79 Å². The first-order chi connectivity index (χ1) is 16.3. The molecule has 3 amide bonds. The highest BCUT2D eigenvalue weighted by molar-refractivity contribution is 6.15. The number of para-hydroxylation sites is 1. The molecule has 0 unspecified atom stereocenters. The number of fused-ring (bicyclic) bond motifs is 3. The van der Waals surface area contributed by atoms with Crippen LogP contribution in [0.2, 0.25) is 0 Å². The van der Waals surface area contributed by atoms with Crippen molar-refractivity contribution in [1.29, 1.82) is 0 Å². The average Bonchev–Trinajstić information content (AvgIpc) is 3.32. The van der Waals surface area contributed by atoms with Crippen LogP contribution < -0.4 is 4.74 Å². The van der Waals surface area contributed by atoms with Crippen molar-refractivity contribution in [3.63, 3.8) is 0 Å². The molecule has 0 radical (unpaired) electrons. The number of carbonyl (C=O) groups is 3. The largest absolute Gasteiger partial charge is 0.508 e. The molecule has 6 atom stereocenters. The number of phenolic OH excluding ortho intramolecular Hbond substituents is 1. The summed E-state index contributed by atoms with van der Waals surface area (Å²) in [7, 11) is 1.11. The Labute approximate surface area is 195 Å². The van der Waals surface area contributed by atoms with Crippen molar-refractivity contribution in [3.8, 4) is 11.5 Å². The maximum absolute atomic E-state index is 13.2. The standard InChI is InChI=1S/C25H25NO8/c1-32-24(30)26-22(28)18-11-15(13-33-17-5-3-2-4-6-17)25(31)19(21(18)23(26)29)12-20(34-25)14-7-9-16(27)10-8-14/h2-10,15,18-21,27,31H,11-13H2,1H3/t15-,18+,19+,20+,21+,25-/m1/s1. The van der Waals surface area contributed by atoms with Gasteiger partial charge in [-0.15, -0.1) is 0 Å². The lowest BCUT2D eigenvalue weighted by atomic mass is 9.64. The fourth-order valence-electron chi connectivity index (χ4n) is 5.56. The van der Waals surface area contributed by atoms with Gasteiger partial charge in [0.2, 0.25) is 11.8 Å². The molecular formula is C25H25NO8. The Kier molecular flexibility index (Phi) is 5.53. The van der Waals surface area contributed by atoms with Crippen LogP contribution in [0.15, 0.2) is 54.6 Å². The number of hydrogen-bond acceptors (Lipinski definition) is 8. The minimum absolute atomic E-state index is 0.0578. The lowest BCUT2D eigenvalue weighted by molar-refractivity contribution is -0.272. The van der Waals surface area contributed by atoms with Gasteiger partial charge in [0.25, 0.3) is 0 Å². The van der Waals surface area contributed by atoms with Crippen molar-refractivity contribution in [3.05, 3.63) is 60.2 Å². The number of hydrogen-bond donors (Lipinski definition) is 2. The van der Waals surface area contributed by atoms with Crippen molar-refractivity contribution in [1.82, 2.24) is 4.90 Å². The quantitative estimate of drug-likeness (QED) is 0.658. The molecule has 34 heavy (non-hydrogen) atoms. The van der Waals surface area contributed by atoms with E-state index in [2.05, 4.69) is 4.74 Å². The highest BCUT2D eigenvalue weighted by Gasteiger charge is 2.67. The Hall–Kier alpha value is -3.43. The summed E-state index contributed by atoms with van der Waals surface area (Å²) in [6.45, 7) is 0.0578. The summed E-state index contributed by atoms with van der Waals surface area (Å²) in [4.78, 5) is 39.0. The predicted octanol–water partition coefficient (Wildman–Crippen LogP) is 2.62. The molecule has 0 spiro atoms. The fourth-order valence-corrected chi connectivity index (χ4v) is 5.56. The van der Waals surface area contributed by atoms with Crippen molar-refractivity contribution in [2.24, 2.45) is 23.7 Å². The van der Waals surface area contributed by atoms with Crippen LogP contribution in [0.1, 0.15) is 24.5 Å². The number of nitrogens with zero attached hydrogens (tertiary/aromatic N) is 1. The molecule has 1 aliphatic carbocycles. The third-order valence-electron chi connectivity index (χ3n) is 7.18. The Bertz CT molecular complexity index is 1100. The van der Waals surface area contributed by atoms with Crippen LogP contribution in [-0.2, 0) is 19.1 Å². The Morgan fingerprint density at radius 3 is 2.47 bits per heavy atom. The molecule has 2 aliphatic heterocycles. The van der Waals surface area contributed by atoms with Crippen LogP contribution in [0.5, 0.6) is 11.5 Å². The summed E-state index contributed by atoms with van der Waals surface area (Å²) in [6, 6.07) is 15.5. The molecule has 2 saturated heterocycles. The summed E-state index contributed by atoms with van der Waals surface area (Å²) in [6.07, 6.45) is -1.22. The SMILES string of the molecule is COC(=O)N1C(=O)[C@H]2[C@H](C[C@H](COc3ccccc3)[C@@]3(O)O[C@H](c4ccc(O)cc4)C[C@@H]23)C1=O. The van der Waals surface area contributed by atoms with E-state index >= 15 is 0 Å². The first kappa shape index (κ1) is 22.4. The van der Waals surface area contributed by atoms with E-state index in [0.29, 0.717) is 10.6 Å². The van der Waals surface area contributed by atoms with Gasteiger partial charge in [0, 0.05) is 11.8 Å². The molecule has 2 aromatic carbocycles. The van der Waals surface area contributed by atoms with Gasteiger partial charge in [-0.2, -0.15) is 4.90 Å². The number of ether oxygens (including phenoxy) is 3. The van der Waals surface area contributed by atoms with Crippen LogP contribution in [0.25, 0.3) is 0 Å². The molecule has 9 nitrogen and oxygen atoms in total. The third-order valence-corrected chi connectivity index (χ3v) is 7.18. The van der Waals surface area contributed by atoms with E-state index in [0.717, 1.165) is 12.7 Å². The summed E-state index contributed by atoms with van der Waals surface area (Å²) < 4.78 is 16.8. The Morgan fingerprint density at radius 1 is 1.09 bits per heavy atom. The number of aromatic hydroxyl groups is 1. The lowest BCUT2D eigenvalue weighted by Crippen LogP contribution is -2.55. The van der Waals surface area contributed by atoms with Gasteiger partial charge in [-0.1, -0.05) is 30.3 Å². The molecule has 3 fully saturated rings. The van der Waals surface area contributed by atoms with Crippen molar-refractivity contribution >= 4 is 17.9 Å². The lowest BCUT2D eigenvalue weighted by Gasteiger charge is -2.44. The van der Waals surface area contributed by atoms with Gasteiger partial charge in [0.1, 0.15) is 11.5 Å². The van der Waals surface area contributed by atoms with Crippen molar-refractivity contribution < 1.29 is 38.8 Å². The molecule has 2 aromatic rings. The zero-order chi connectivity index (χ0) is 24.0. The van der Waals surface area contributed by atoms with Gasteiger partial charge < -0.3 is 24.4 Å². The number of likely N-dealkylation sites (tertiary alicyclic amines) is 1. The predicted molar refractivity (Wildman–Crippen MR) is 116 cm³/mol. The molecule has 9 heteroatoms. The summed E-state index contributed by atoms with van der Waals surface area (Å²) in [5.74, 6) is -5.42. The maximum Gasteiger partial charge on any atom is 0.423 e. The van der Waals surface area contributed by atoms with E-state index in [1.54, 1.807) is 24.3 Å². The molecule has 5 rings (SSSR count). The monoisotopic (exact) mass is 467 g/mol. The van der Waals surface area contributed by atoms with Crippen LogP contribution in [0, 0.1) is 23.7 Å². The van der Waals surface area contributed by atoms with Gasteiger partial charge in [-0.05, 0) is 42.7 Å². The summed E-state index contributed by atoms with van der Waals surface area (Å²) >= 11 is 0. The van der Waals surface area contributed by atoms with Crippen LogP contribution >= 0.6 is 0 Å². The number of rotatable bonds is 4. The molecule has 178 valence electrons. The highest BCUT2D eigenvalue weighted by Crippen LogP contribution is 2.58. The summed E-state index contributed by atoms with van der Waals surface area (Å²) in [5, 5.41) is 21.4. The van der Waals surface area contributed by atoms with Gasteiger partial charge in [-0.3, -0.25) is 9.59 Å². The van der Waals surface area contributed by atoms with Crippen molar-refractivity contribution in [2.75, 3.05) is 13.7 Å². The molecule has 0 aromatic heterocycles. The summed E-state index contributed by atoms with van der Waals surface area (Å²) in [5.41, 5.74) is 0.724. The topological polar surface area (TPSA) is 123 Å². The second kappa shape index (κ2) is 8.41. The van der Waals surface area contributed by atoms with Gasteiger partial charge in [0.05, 0.1) is 31.7 Å². The molecule has 2 heterocycles. The normalized spacial score (nSPS) is 32.3. The van der Waals surface area contributed by atoms with Crippen LogP contribution in [0.4, 0.5) is 4.79 Å². The van der Waals surface area contributed by atoms with E-state index in [-0.39, 0.29) is 25.2 Å². The smallest absolute Gasteiger partial charge is 0.423 e. The zero-order valence-electron chi connectivity index (χ0n) is 18.5. The van der Waals surface area contributed by atoms with E-state index < -0.39 is 53.5 Å². The Morgan fingerprint density at radius 2 is 1.79 bits per heavy atom. The minimum Gasteiger partial charge on any atom is -0.508 e. The second-order valence-corrected chi connectivity index (χ2v) is 8.96. The molecule has 0 bridgehead atoms. The van der Waals surface area contributed by atoms with Gasteiger partial charge in [-0.25, -0.2) is 4.79 Å². The van der Waals surface area contributed by atoms with E-state index in [1.807, 2.05) is 18.2 Å². The Balaban J connectivity index is 1.49.